The number of ether oxygens (including phenoxy) is 3. The number of anilines is 1. The van der Waals surface area contributed by atoms with Gasteiger partial charge in [0.05, 0.1) is 12.1 Å². The lowest BCUT2D eigenvalue weighted by Crippen LogP contribution is -2.28. The normalized spacial score (nSPS) is 12.6. The molecule has 0 radical (unpaired) electrons. The highest BCUT2D eigenvalue weighted by Crippen LogP contribution is 2.38. The molecule has 2 aromatic carbocycles. The van der Waals surface area contributed by atoms with E-state index in [2.05, 4.69) is 10.5 Å². The minimum Gasteiger partial charge on any atom is -0.480 e. The summed E-state index contributed by atoms with van der Waals surface area (Å²) in [7, 11) is 1.23. The topological polar surface area (TPSA) is 132 Å². The fraction of sp³-hybridized carbons (Fsp3) is 0.318. The van der Waals surface area contributed by atoms with Gasteiger partial charge in [-0.2, -0.15) is 0 Å². The van der Waals surface area contributed by atoms with Gasteiger partial charge in [0.15, 0.2) is 18.5 Å². The standard InChI is InChI=1S/C22H25Cl2N3O6/c1-22(2,3)33-17(28)11-32-19-15(9-13(23)10-16(19)24)18(21(29)31-4)26-14-7-5-12(6-8-14)20(25)27-30/h5-10,18,26,30H,11H2,1-4H3,(H2,25,27). The maximum absolute atomic E-state index is 12.6. The van der Waals surface area contributed by atoms with Crippen LogP contribution in [-0.4, -0.2) is 42.3 Å². The van der Waals surface area contributed by atoms with Crippen LogP contribution in [0, 0.1) is 0 Å². The summed E-state index contributed by atoms with van der Waals surface area (Å²) in [6, 6.07) is 8.25. The van der Waals surface area contributed by atoms with Crippen LogP contribution in [0.3, 0.4) is 0 Å². The molecule has 0 spiro atoms. The lowest BCUT2D eigenvalue weighted by molar-refractivity contribution is -0.157. The van der Waals surface area contributed by atoms with Gasteiger partial charge in [0.2, 0.25) is 0 Å². The average Bonchev–Trinajstić information content (AvgIpc) is 2.74. The highest BCUT2D eigenvalue weighted by Gasteiger charge is 2.28. The number of oxime groups is 1. The zero-order valence-electron chi connectivity index (χ0n) is 18.5. The summed E-state index contributed by atoms with van der Waals surface area (Å²) < 4.78 is 15.8. The largest absolute Gasteiger partial charge is 0.480 e. The van der Waals surface area contributed by atoms with Crippen LogP contribution < -0.4 is 15.8 Å². The Bertz CT molecular complexity index is 1040. The number of nitrogens with zero attached hydrogens (tertiary/aromatic N) is 1. The second kappa shape index (κ2) is 11.1. The number of rotatable bonds is 8. The molecule has 0 aliphatic carbocycles. The monoisotopic (exact) mass is 497 g/mol. The van der Waals surface area contributed by atoms with E-state index in [1.165, 1.54) is 19.2 Å². The van der Waals surface area contributed by atoms with E-state index in [4.69, 9.17) is 48.4 Å². The maximum Gasteiger partial charge on any atom is 0.344 e. The van der Waals surface area contributed by atoms with Crippen LogP contribution in [0.4, 0.5) is 5.69 Å². The number of esters is 2. The van der Waals surface area contributed by atoms with Crippen molar-refractivity contribution in [2.45, 2.75) is 32.4 Å². The number of amidine groups is 1. The zero-order chi connectivity index (χ0) is 24.8. The number of carbonyl (C=O) groups excluding carboxylic acids is 2. The molecular formula is C22H25Cl2N3O6. The van der Waals surface area contributed by atoms with Crippen LogP contribution in [0.25, 0.3) is 0 Å². The minimum absolute atomic E-state index is 0.0643. The Hall–Kier alpha value is -3.17. The number of benzene rings is 2. The summed E-state index contributed by atoms with van der Waals surface area (Å²) in [5.41, 5.74) is 6.12. The van der Waals surface area contributed by atoms with E-state index in [0.717, 1.165) is 0 Å². The first-order valence-electron chi connectivity index (χ1n) is 9.71. The van der Waals surface area contributed by atoms with E-state index in [0.29, 0.717) is 11.3 Å². The molecule has 0 aromatic heterocycles. The van der Waals surface area contributed by atoms with E-state index < -0.39 is 30.2 Å². The fourth-order valence-corrected chi connectivity index (χ4v) is 3.36. The van der Waals surface area contributed by atoms with Crippen molar-refractivity contribution in [3.8, 4) is 5.75 Å². The predicted molar refractivity (Wildman–Crippen MR) is 125 cm³/mol. The van der Waals surface area contributed by atoms with Crippen LogP contribution >= 0.6 is 23.2 Å². The highest BCUT2D eigenvalue weighted by molar-refractivity contribution is 6.35. The molecular weight excluding hydrogens is 473 g/mol. The van der Waals surface area contributed by atoms with Crippen molar-refractivity contribution in [2.75, 3.05) is 19.0 Å². The van der Waals surface area contributed by atoms with E-state index in [1.54, 1.807) is 45.0 Å². The van der Waals surface area contributed by atoms with Gasteiger partial charge < -0.3 is 30.5 Å². The van der Waals surface area contributed by atoms with E-state index in [9.17, 15) is 9.59 Å². The molecule has 11 heteroatoms. The van der Waals surface area contributed by atoms with Crippen molar-refractivity contribution < 1.29 is 29.0 Å². The molecule has 1 unspecified atom stereocenters. The third-order valence-electron chi connectivity index (χ3n) is 4.14. The van der Waals surface area contributed by atoms with Crippen molar-refractivity contribution in [1.82, 2.24) is 0 Å². The summed E-state index contributed by atoms with van der Waals surface area (Å²) in [6.07, 6.45) is 0. The smallest absolute Gasteiger partial charge is 0.344 e. The second-order valence-electron chi connectivity index (χ2n) is 7.84. The fourth-order valence-electron chi connectivity index (χ4n) is 2.79. The molecule has 178 valence electrons. The molecule has 0 saturated carbocycles. The Morgan fingerprint density at radius 2 is 1.82 bits per heavy atom. The Kier molecular flexibility index (Phi) is 8.78. The van der Waals surface area contributed by atoms with Crippen molar-refractivity contribution in [3.05, 3.63) is 57.6 Å². The van der Waals surface area contributed by atoms with E-state index >= 15 is 0 Å². The van der Waals surface area contributed by atoms with Crippen molar-refractivity contribution in [2.24, 2.45) is 10.9 Å². The van der Waals surface area contributed by atoms with Crippen LogP contribution in [0.15, 0.2) is 41.6 Å². The van der Waals surface area contributed by atoms with Crippen molar-refractivity contribution in [3.63, 3.8) is 0 Å². The van der Waals surface area contributed by atoms with Gasteiger partial charge in [-0.15, -0.1) is 0 Å². The third kappa shape index (κ3) is 7.44. The molecule has 0 amide bonds. The Morgan fingerprint density at radius 3 is 2.36 bits per heavy atom. The number of nitrogens with two attached hydrogens (primary N) is 1. The molecule has 0 aliphatic heterocycles. The summed E-state index contributed by atoms with van der Waals surface area (Å²) in [4.78, 5) is 24.8. The van der Waals surface area contributed by atoms with Gasteiger partial charge in [0, 0.05) is 21.8 Å². The summed E-state index contributed by atoms with van der Waals surface area (Å²) in [6.45, 7) is 4.75. The number of hydrogen-bond acceptors (Lipinski definition) is 8. The molecule has 0 saturated heterocycles. The molecule has 4 N–H and O–H groups in total. The number of carbonyl (C=O) groups is 2. The van der Waals surface area contributed by atoms with E-state index in [1.807, 2.05) is 0 Å². The highest BCUT2D eigenvalue weighted by atomic mass is 35.5. The molecule has 0 aliphatic rings. The van der Waals surface area contributed by atoms with Crippen molar-refractivity contribution in [1.29, 1.82) is 0 Å². The van der Waals surface area contributed by atoms with Crippen LogP contribution in [-0.2, 0) is 19.1 Å². The molecule has 0 heterocycles. The number of nitrogens with one attached hydrogen (secondary N) is 1. The third-order valence-corrected chi connectivity index (χ3v) is 4.64. The molecule has 1 atom stereocenters. The van der Waals surface area contributed by atoms with Gasteiger partial charge in [-0.05, 0) is 57.2 Å². The summed E-state index contributed by atoms with van der Waals surface area (Å²) in [5.74, 6) is -1.26. The predicted octanol–water partition coefficient (Wildman–Crippen LogP) is 4.13. The van der Waals surface area contributed by atoms with Gasteiger partial charge in [0.1, 0.15) is 11.4 Å². The van der Waals surface area contributed by atoms with Crippen LogP contribution in [0.2, 0.25) is 10.0 Å². The molecule has 0 fully saturated rings. The van der Waals surface area contributed by atoms with E-state index in [-0.39, 0.29) is 27.2 Å². The first kappa shape index (κ1) is 26.1. The van der Waals surface area contributed by atoms with Crippen molar-refractivity contribution >= 4 is 46.7 Å². The quantitative estimate of drug-likeness (QED) is 0.163. The second-order valence-corrected chi connectivity index (χ2v) is 8.69. The first-order chi connectivity index (χ1) is 15.4. The molecule has 0 bridgehead atoms. The Morgan fingerprint density at radius 1 is 1.18 bits per heavy atom. The lowest BCUT2D eigenvalue weighted by Gasteiger charge is -2.23. The zero-order valence-corrected chi connectivity index (χ0v) is 20.0. The lowest BCUT2D eigenvalue weighted by atomic mass is 10.0. The van der Waals surface area contributed by atoms with Gasteiger partial charge in [0.25, 0.3) is 0 Å². The first-order valence-corrected chi connectivity index (χ1v) is 10.5. The summed E-state index contributed by atoms with van der Waals surface area (Å²) in [5, 5.41) is 15.1. The van der Waals surface area contributed by atoms with Crippen LogP contribution in [0.1, 0.15) is 37.9 Å². The minimum atomic E-state index is -1.09. The SMILES string of the molecule is COC(=O)C(Nc1ccc(C(N)=NO)cc1)c1cc(Cl)cc(Cl)c1OCC(=O)OC(C)(C)C. The average molecular weight is 498 g/mol. The molecule has 9 nitrogen and oxygen atoms in total. The Labute approximate surface area is 201 Å². The van der Waals surface area contributed by atoms with Gasteiger partial charge in [-0.1, -0.05) is 28.4 Å². The maximum atomic E-state index is 12.6. The van der Waals surface area contributed by atoms with Crippen LogP contribution in [0.5, 0.6) is 5.75 Å². The number of halogens is 2. The molecule has 2 rings (SSSR count). The van der Waals surface area contributed by atoms with Gasteiger partial charge in [-0.3, -0.25) is 0 Å². The Balaban J connectivity index is 2.39. The molecule has 33 heavy (non-hydrogen) atoms. The summed E-state index contributed by atoms with van der Waals surface area (Å²) >= 11 is 12.5. The number of hydrogen-bond donors (Lipinski definition) is 3. The molecule has 2 aromatic rings. The van der Waals surface area contributed by atoms with Gasteiger partial charge in [-0.25, -0.2) is 9.59 Å². The van der Waals surface area contributed by atoms with Gasteiger partial charge >= 0.3 is 11.9 Å². The number of methoxy groups -OCH3 is 1.